The molecule has 2 N–H and O–H groups in total. The zero-order chi connectivity index (χ0) is 13.9. The van der Waals surface area contributed by atoms with Gasteiger partial charge in [-0.15, -0.1) is 0 Å². The molecule has 3 rings (SSSR count). The molecule has 1 fully saturated rings. The van der Waals surface area contributed by atoms with Crippen molar-refractivity contribution in [3.05, 3.63) is 24.0 Å². The first-order valence-corrected chi connectivity index (χ1v) is 7.62. The van der Waals surface area contributed by atoms with Gasteiger partial charge >= 0.3 is 0 Å². The van der Waals surface area contributed by atoms with Crippen molar-refractivity contribution in [2.75, 3.05) is 11.9 Å². The van der Waals surface area contributed by atoms with Crippen LogP contribution in [0.4, 0.5) is 9.52 Å². The topological polar surface area (TPSA) is 54.0 Å². The zero-order valence-corrected chi connectivity index (χ0v) is 11.8. The van der Waals surface area contributed by atoms with E-state index >= 15 is 0 Å². The van der Waals surface area contributed by atoms with Crippen LogP contribution in [0.3, 0.4) is 0 Å². The van der Waals surface area contributed by atoms with Crippen molar-refractivity contribution in [1.29, 1.82) is 0 Å². The molecule has 1 heterocycles. The fraction of sp³-hybridized carbons (Fsp3) is 0.429. The number of rotatable bonds is 6. The minimum Gasteiger partial charge on any atom is -0.361 e. The summed E-state index contributed by atoms with van der Waals surface area (Å²) in [6.07, 6.45) is 3.53. The number of carbonyl (C=O) groups is 1. The van der Waals surface area contributed by atoms with E-state index in [9.17, 15) is 9.18 Å². The highest BCUT2D eigenvalue weighted by Crippen LogP contribution is 2.26. The molecule has 1 saturated carbocycles. The third-order valence-electron chi connectivity index (χ3n) is 3.15. The Labute approximate surface area is 120 Å². The Bertz CT molecular complexity index is 624. The number of nitrogens with one attached hydrogen (secondary N) is 2. The maximum atomic E-state index is 13.1. The van der Waals surface area contributed by atoms with E-state index in [1.54, 1.807) is 6.07 Å². The molecule has 106 valence electrons. The van der Waals surface area contributed by atoms with E-state index in [-0.39, 0.29) is 11.7 Å². The maximum absolute atomic E-state index is 13.1. The highest BCUT2D eigenvalue weighted by molar-refractivity contribution is 7.22. The van der Waals surface area contributed by atoms with E-state index in [0.717, 1.165) is 34.6 Å². The second kappa shape index (κ2) is 5.75. The normalized spacial score (nSPS) is 14.4. The van der Waals surface area contributed by atoms with Crippen molar-refractivity contribution in [3.63, 3.8) is 0 Å². The van der Waals surface area contributed by atoms with E-state index < -0.39 is 0 Å². The lowest BCUT2D eigenvalue weighted by Gasteiger charge is -2.03. The Morgan fingerprint density at radius 3 is 3.10 bits per heavy atom. The van der Waals surface area contributed by atoms with Crippen molar-refractivity contribution in [1.82, 2.24) is 10.3 Å². The monoisotopic (exact) mass is 293 g/mol. The number of hydrogen-bond donors (Lipinski definition) is 2. The lowest BCUT2D eigenvalue weighted by Crippen LogP contribution is -2.25. The van der Waals surface area contributed by atoms with Crippen LogP contribution in [0.1, 0.15) is 25.7 Å². The van der Waals surface area contributed by atoms with Crippen molar-refractivity contribution < 1.29 is 9.18 Å². The van der Waals surface area contributed by atoms with Gasteiger partial charge in [0.1, 0.15) is 5.82 Å². The second-order valence-electron chi connectivity index (χ2n) is 5.00. The Hall–Kier alpha value is -1.69. The van der Waals surface area contributed by atoms with Crippen molar-refractivity contribution >= 4 is 32.6 Å². The first-order valence-electron chi connectivity index (χ1n) is 6.80. The number of benzene rings is 1. The highest BCUT2D eigenvalue weighted by Gasteiger charge is 2.22. The fourth-order valence-corrected chi connectivity index (χ4v) is 2.86. The smallest absolute Gasteiger partial charge is 0.220 e. The summed E-state index contributed by atoms with van der Waals surface area (Å²) in [5.74, 6) is -0.120. The molecule has 1 aliphatic rings. The zero-order valence-electron chi connectivity index (χ0n) is 11.0. The minimum absolute atomic E-state index is 0.126. The molecule has 0 bridgehead atoms. The summed E-state index contributed by atoms with van der Waals surface area (Å²) in [5, 5.41) is 6.91. The van der Waals surface area contributed by atoms with Gasteiger partial charge in [-0.2, -0.15) is 0 Å². The van der Waals surface area contributed by atoms with Gasteiger partial charge in [-0.3, -0.25) is 4.79 Å². The lowest BCUT2D eigenvalue weighted by molar-refractivity contribution is -0.121. The number of carbonyl (C=O) groups excluding carboxylic acids is 1. The number of aromatic nitrogens is 1. The summed E-state index contributed by atoms with van der Waals surface area (Å²) >= 11 is 1.43. The summed E-state index contributed by atoms with van der Waals surface area (Å²) < 4.78 is 13.9. The Morgan fingerprint density at radius 2 is 2.30 bits per heavy atom. The quantitative estimate of drug-likeness (QED) is 0.805. The molecule has 0 radical (unpaired) electrons. The number of halogens is 1. The molecule has 1 aromatic carbocycles. The largest absolute Gasteiger partial charge is 0.361 e. The van der Waals surface area contributed by atoms with Crippen LogP contribution in [0.5, 0.6) is 0 Å². The Balaban J connectivity index is 1.45. The van der Waals surface area contributed by atoms with E-state index in [0.29, 0.717) is 19.0 Å². The molecule has 0 unspecified atom stereocenters. The van der Waals surface area contributed by atoms with Crippen LogP contribution in [-0.2, 0) is 4.79 Å². The van der Waals surface area contributed by atoms with Gasteiger partial charge in [-0.05, 0) is 37.5 Å². The van der Waals surface area contributed by atoms with Crippen LogP contribution in [0.15, 0.2) is 18.2 Å². The summed E-state index contributed by atoms with van der Waals surface area (Å²) in [4.78, 5) is 15.9. The molecule has 0 aliphatic heterocycles. The highest BCUT2D eigenvalue weighted by atomic mass is 32.1. The molecule has 2 aromatic rings. The molecule has 1 aromatic heterocycles. The molecular formula is C14H16FN3OS. The molecule has 1 aliphatic carbocycles. The van der Waals surface area contributed by atoms with Gasteiger partial charge in [0, 0.05) is 19.0 Å². The number of nitrogens with zero attached hydrogens (tertiary/aromatic N) is 1. The van der Waals surface area contributed by atoms with E-state index in [2.05, 4.69) is 15.6 Å². The van der Waals surface area contributed by atoms with Crippen molar-refractivity contribution in [3.8, 4) is 0 Å². The number of hydrogen-bond acceptors (Lipinski definition) is 4. The Morgan fingerprint density at radius 1 is 1.45 bits per heavy atom. The Kier molecular flexibility index (Phi) is 3.82. The summed E-state index contributed by atoms with van der Waals surface area (Å²) in [5.41, 5.74) is 0.797. The van der Waals surface area contributed by atoms with Gasteiger partial charge < -0.3 is 10.6 Å². The van der Waals surface area contributed by atoms with Crippen LogP contribution in [0.25, 0.3) is 10.2 Å². The lowest BCUT2D eigenvalue weighted by atomic mass is 10.3. The number of anilines is 1. The standard InChI is InChI=1S/C14H16FN3OS/c15-9-3-6-11-12(8-9)20-14(18-11)16-7-1-2-13(19)17-10-4-5-10/h3,6,8,10H,1-2,4-5,7H2,(H,16,18)(H,17,19). The third kappa shape index (κ3) is 3.45. The molecular weight excluding hydrogens is 277 g/mol. The number of amides is 1. The fourth-order valence-electron chi connectivity index (χ4n) is 1.95. The van der Waals surface area contributed by atoms with Crippen LogP contribution in [0, 0.1) is 5.82 Å². The van der Waals surface area contributed by atoms with Gasteiger partial charge in [0.15, 0.2) is 5.13 Å². The van der Waals surface area contributed by atoms with Crippen molar-refractivity contribution in [2.45, 2.75) is 31.7 Å². The van der Waals surface area contributed by atoms with E-state index in [4.69, 9.17) is 0 Å². The number of fused-ring (bicyclic) bond motifs is 1. The second-order valence-corrected chi connectivity index (χ2v) is 6.03. The van der Waals surface area contributed by atoms with Gasteiger partial charge in [0.25, 0.3) is 0 Å². The predicted octanol–water partition coefficient (Wildman–Crippen LogP) is 2.91. The first kappa shape index (κ1) is 13.3. The summed E-state index contributed by atoms with van der Waals surface area (Å²) in [6, 6.07) is 5.00. The van der Waals surface area contributed by atoms with Crippen molar-refractivity contribution in [2.24, 2.45) is 0 Å². The SMILES string of the molecule is O=C(CCCNc1nc2ccc(F)cc2s1)NC1CC1. The maximum Gasteiger partial charge on any atom is 0.220 e. The third-order valence-corrected chi connectivity index (χ3v) is 4.13. The molecule has 6 heteroatoms. The van der Waals surface area contributed by atoms with Gasteiger partial charge in [0.05, 0.1) is 10.2 Å². The molecule has 1 amide bonds. The molecule has 0 atom stereocenters. The van der Waals surface area contributed by atoms with E-state index in [1.807, 2.05) is 0 Å². The van der Waals surface area contributed by atoms with Gasteiger partial charge in [-0.1, -0.05) is 11.3 Å². The average molecular weight is 293 g/mol. The van der Waals surface area contributed by atoms with Crippen LogP contribution < -0.4 is 10.6 Å². The average Bonchev–Trinajstić information content (AvgIpc) is 3.12. The number of thiazole rings is 1. The minimum atomic E-state index is -0.246. The van der Waals surface area contributed by atoms with Gasteiger partial charge in [-0.25, -0.2) is 9.37 Å². The first-order chi connectivity index (χ1) is 9.70. The predicted molar refractivity (Wildman–Crippen MR) is 78.5 cm³/mol. The van der Waals surface area contributed by atoms with Crippen LogP contribution >= 0.6 is 11.3 Å². The molecule has 4 nitrogen and oxygen atoms in total. The van der Waals surface area contributed by atoms with E-state index in [1.165, 1.54) is 23.5 Å². The van der Waals surface area contributed by atoms with Crippen LogP contribution in [-0.4, -0.2) is 23.5 Å². The summed E-state index contributed by atoms with van der Waals surface area (Å²) in [6.45, 7) is 0.695. The van der Waals surface area contributed by atoms with Gasteiger partial charge in [0.2, 0.25) is 5.91 Å². The van der Waals surface area contributed by atoms with Crippen LogP contribution in [0.2, 0.25) is 0 Å². The molecule has 20 heavy (non-hydrogen) atoms. The molecule has 0 saturated heterocycles. The molecule has 0 spiro atoms. The summed E-state index contributed by atoms with van der Waals surface area (Å²) in [7, 11) is 0.